The summed E-state index contributed by atoms with van der Waals surface area (Å²) in [7, 11) is 3.12. The van der Waals surface area contributed by atoms with Gasteiger partial charge in [-0.3, -0.25) is 4.79 Å². The first-order valence-corrected chi connectivity index (χ1v) is 13.5. The number of ether oxygens (including phenoxy) is 4. The Bertz CT molecular complexity index is 1600. The lowest BCUT2D eigenvalue weighted by atomic mass is 10.1. The van der Waals surface area contributed by atoms with Gasteiger partial charge in [-0.15, -0.1) is 0 Å². The number of nitriles is 1. The second kappa shape index (κ2) is 14.1. The van der Waals surface area contributed by atoms with Gasteiger partial charge in [-0.2, -0.15) is 5.26 Å². The summed E-state index contributed by atoms with van der Waals surface area (Å²) in [5, 5.41) is 12.4. The van der Waals surface area contributed by atoms with Crippen molar-refractivity contribution < 1.29 is 23.7 Å². The van der Waals surface area contributed by atoms with Crippen molar-refractivity contribution >= 4 is 33.6 Å². The second-order valence-electron chi connectivity index (χ2n) is 9.08. The molecule has 0 saturated heterocycles. The van der Waals surface area contributed by atoms with Crippen LogP contribution in [0.5, 0.6) is 23.0 Å². The maximum atomic E-state index is 12.7. The van der Waals surface area contributed by atoms with E-state index in [1.165, 1.54) is 13.2 Å². The molecule has 4 rings (SSSR count). The Morgan fingerprint density at radius 2 is 1.61 bits per heavy atom. The molecule has 0 aliphatic rings. The lowest BCUT2D eigenvalue weighted by Gasteiger charge is -2.15. The zero-order chi connectivity index (χ0) is 29.2. The van der Waals surface area contributed by atoms with Gasteiger partial charge in [0.05, 0.1) is 18.7 Å². The zero-order valence-corrected chi connectivity index (χ0v) is 24.5. The normalized spacial score (nSPS) is 10.9. The molecule has 0 bridgehead atoms. The maximum absolute atomic E-state index is 12.7. The molecule has 8 heteroatoms. The van der Waals surface area contributed by atoms with E-state index in [0.29, 0.717) is 45.3 Å². The number of nitrogens with one attached hydrogen (secondary N) is 1. The topological polar surface area (TPSA) is 89.8 Å². The molecule has 0 spiro atoms. The average Bonchev–Trinajstić information content (AvgIpc) is 2.98. The van der Waals surface area contributed by atoms with Crippen LogP contribution in [0.1, 0.15) is 22.3 Å². The molecule has 0 aliphatic heterocycles. The lowest BCUT2D eigenvalue weighted by molar-refractivity contribution is -0.112. The molecule has 1 amide bonds. The average molecular weight is 614 g/mol. The van der Waals surface area contributed by atoms with Crippen LogP contribution in [0.4, 0.5) is 5.69 Å². The number of halogens is 1. The molecular weight excluding hydrogens is 584 g/mol. The van der Waals surface area contributed by atoms with Gasteiger partial charge in [0.2, 0.25) is 0 Å². The lowest BCUT2D eigenvalue weighted by Crippen LogP contribution is -2.13. The first-order valence-electron chi connectivity index (χ1n) is 12.7. The Balaban J connectivity index is 1.47. The van der Waals surface area contributed by atoms with E-state index in [9.17, 15) is 10.1 Å². The van der Waals surface area contributed by atoms with E-state index >= 15 is 0 Å². The van der Waals surface area contributed by atoms with Crippen LogP contribution in [-0.2, 0) is 18.0 Å². The molecule has 4 aromatic carbocycles. The number of methoxy groups -OCH3 is 2. The number of hydrogen-bond donors (Lipinski definition) is 1. The van der Waals surface area contributed by atoms with Gasteiger partial charge in [0.25, 0.3) is 5.91 Å². The number of aryl methyl sites for hydroxylation is 1. The molecular formula is C33H29BrN2O5. The number of carbonyl (C=O) groups is 1. The van der Waals surface area contributed by atoms with Crippen LogP contribution < -0.4 is 24.3 Å². The standard InChI is InChI=1S/C33H29BrN2O5/c1-22-8-7-11-27(14-22)36-33(37)26(19-35)15-25-16-28(34)32(31(18-25)39-3)41-21-24-12-13-29(30(17-24)38-2)40-20-23-9-5-4-6-10-23/h4-18H,20-21H2,1-3H3,(H,36,37)/b26-15+. The second-order valence-corrected chi connectivity index (χ2v) is 9.93. The Morgan fingerprint density at radius 1 is 0.854 bits per heavy atom. The van der Waals surface area contributed by atoms with Gasteiger partial charge in [-0.05, 0) is 87.6 Å². The monoisotopic (exact) mass is 612 g/mol. The third-order valence-corrected chi connectivity index (χ3v) is 6.64. The molecule has 0 aromatic heterocycles. The van der Waals surface area contributed by atoms with E-state index in [1.807, 2.05) is 79.7 Å². The van der Waals surface area contributed by atoms with Gasteiger partial charge in [0, 0.05) is 5.69 Å². The van der Waals surface area contributed by atoms with Gasteiger partial charge in [-0.25, -0.2) is 0 Å². The summed E-state index contributed by atoms with van der Waals surface area (Å²) in [6.07, 6.45) is 1.50. The van der Waals surface area contributed by atoms with E-state index < -0.39 is 5.91 Å². The van der Waals surface area contributed by atoms with E-state index in [4.69, 9.17) is 18.9 Å². The van der Waals surface area contributed by atoms with Crippen LogP contribution in [0.2, 0.25) is 0 Å². The minimum atomic E-state index is -0.501. The highest BCUT2D eigenvalue weighted by molar-refractivity contribution is 9.10. The number of hydrogen-bond acceptors (Lipinski definition) is 6. The van der Waals surface area contributed by atoms with Crippen molar-refractivity contribution in [2.24, 2.45) is 0 Å². The maximum Gasteiger partial charge on any atom is 0.266 e. The van der Waals surface area contributed by atoms with Gasteiger partial charge in [0.15, 0.2) is 23.0 Å². The van der Waals surface area contributed by atoms with Crippen molar-refractivity contribution in [2.45, 2.75) is 20.1 Å². The third-order valence-electron chi connectivity index (χ3n) is 6.05. The fraction of sp³-hybridized carbons (Fsp3) is 0.152. The van der Waals surface area contributed by atoms with Crippen molar-refractivity contribution in [3.8, 4) is 29.1 Å². The minimum Gasteiger partial charge on any atom is -0.493 e. The Labute approximate surface area is 248 Å². The molecule has 7 nitrogen and oxygen atoms in total. The summed E-state index contributed by atoms with van der Waals surface area (Å²) < 4.78 is 23.8. The molecule has 0 atom stereocenters. The molecule has 0 saturated carbocycles. The number of amides is 1. The summed E-state index contributed by atoms with van der Waals surface area (Å²) in [6.45, 7) is 2.60. The van der Waals surface area contributed by atoms with Crippen molar-refractivity contribution in [3.05, 3.63) is 117 Å². The summed E-state index contributed by atoms with van der Waals surface area (Å²) in [5.74, 6) is 1.66. The van der Waals surface area contributed by atoms with Gasteiger partial charge < -0.3 is 24.3 Å². The quantitative estimate of drug-likeness (QED) is 0.139. The van der Waals surface area contributed by atoms with E-state index in [2.05, 4.69) is 21.2 Å². The molecule has 41 heavy (non-hydrogen) atoms. The smallest absolute Gasteiger partial charge is 0.266 e. The van der Waals surface area contributed by atoms with Crippen molar-refractivity contribution in [3.63, 3.8) is 0 Å². The first kappa shape index (κ1) is 29.2. The molecule has 0 unspecified atom stereocenters. The van der Waals surface area contributed by atoms with Gasteiger partial charge >= 0.3 is 0 Å². The van der Waals surface area contributed by atoms with Crippen LogP contribution in [0.15, 0.2) is 95.0 Å². The third kappa shape index (κ3) is 7.90. The largest absolute Gasteiger partial charge is 0.493 e. The summed E-state index contributed by atoms with van der Waals surface area (Å²) in [6, 6.07) is 28.3. The van der Waals surface area contributed by atoms with Crippen LogP contribution >= 0.6 is 15.9 Å². The van der Waals surface area contributed by atoms with Crippen LogP contribution in [0.25, 0.3) is 6.08 Å². The molecule has 0 fully saturated rings. The van der Waals surface area contributed by atoms with Gasteiger partial charge in [-0.1, -0.05) is 48.5 Å². The Kier molecular flexibility index (Phi) is 10.0. The van der Waals surface area contributed by atoms with Crippen molar-refractivity contribution in [1.82, 2.24) is 0 Å². The fourth-order valence-corrected chi connectivity index (χ4v) is 4.59. The highest BCUT2D eigenvalue weighted by Crippen LogP contribution is 2.38. The van der Waals surface area contributed by atoms with Crippen LogP contribution in [-0.4, -0.2) is 20.1 Å². The Morgan fingerprint density at radius 3 is 2.32 bits per heavy atom. The van der Waals surface area contributed by atoms with E-state index in [1.54, 1.807) is 25.3 Å². The zero-order valence-electron chi connectivity index (χ0n) is 22.9. The van der Waals surface area contributed by atoms with Crippen molar-refractivity contribution in [1.29, 1.82) is 5.26 Å². The summed E-state index contributed by atoms with van der Waals surface area (Å²) in [5.41, 5.74) is 4.10. The molecule has 0 heterocycles. The number of rotatable bonds is 11. The predicted octanol–water partition coefficient (Wildman–Crippen LogP) is 7.48. The summed E-state index contributed by atoms with van der Waals surface area (Å²) in [4.78, 5) is 12.7. The van der Waals surface area contributed by atoms with Crippen molar-refractivity contribution in [2.75, 3.05) is 19.5 Å². The predicted molar refractivity (Wildman–Crippen MR) is 162 cm³/mol. The van der Waals surface area contributed by atoms with E-state index in [0.717, 1.165) is 16.7 Å². The summed E-state index contributed by atoms with van der Waals surface area (Å²) >= 11 is 3.54. The number of benzene rings is 4. The Hall–Kier alpha value is -4.74. The fourth-order valence-electron chi connectivity index (χ4n) is 4.01. The van der Waals surface area contributed by atoms with Gasteiger partial charge in [0.1, 0.15) is 24.9 Å². The number of carbonyl (C=O) groups excluding carboxylic acids is 1. The van der Waals surface area contributed by atoms with Crippen LogP contribution in [0, 0.1) is 18.3 Å². The molecule has 0 aliphatic carbocycles. The number of anilines is 1. The molecule has 1 N–H and O–H groups in total. The SMILES string of the molecule is COc1cc(COc2c(Br)cc(/C=C(\C#N)C(=O)Nc3cccc(C)c3)cc2OC)ccc1OCc1ccccc1. The van der Waals surface area contributed by atoms with E-state index in [-0.39, 0.29) is 12.2 Å². The molecule has 208 valence electrons. The highest BCUT2D eigenvalue weighted by atomic mass is 79.9. The first-order chi connectivity index (χ1) is 19.9. The van der Waals surface area contributed by atoms with Crippen LogP contribution in [0.3, 0.4) is 0 Å². The molecule has 0 radical (unpaired) electrons. The number of nitrogens with zero attached hydrogens (tertiary/aromatic N) is 1. The highest BCUT2D eigenvalue weighted by Gasteiger charge is 2.15. The molecule has 4 aromatic rings. The minimum absolute atomic E-state index is 0.0456.